The summed E-state index contributed by atoms with van der Waals surface area (Å²) in [5.74, 6) is 0. The summed E-state index contributed by atoms with van der Waals surface area (Å²) in [4.78, 5) is 0. The SMILES string of the molecule is [B]#[Ti]#[B].[Mo]. The quantitative estimate of drug-likeness (QED) is 0.414. The van der Waals surface area contributed by atoms with Crippen molar-refractivity contribution in [2.45, 2.75) is 0 Å². The predicted molar refractivity (Wildman–Crippen MR) is 11.5 cm³/mol. The molecule has 0 bridgehead atoms. The van der Waals surface area contributed by atoms with Gasteiger partial charge in [0.05, 0.1) is 0 Å². The molecule has 4 heteroatoms. The fourth-order valence-electron chi connectivity index (χ4n) is 0. The molecule has 0 atom stereocenters. The van der Waals surface area contributed by atoms with Crippen molar-refractivity contribution in [1.82, 2.24) is 0 Å². The fraction of sp³-hybridized carbons (Fsp3) is 0. The van der Waals surface area contributed by atoms with E-state index in [1.807, 2.05) is 0 Å². The van der Waals surface area contributed by atoms with Gasteiger partial charge < -0.3 is 0 Å². The van der Waals surface area contributed by atoms with Crippen LogP contribution in [0.25, 0.3) is 0 Å². The minimum absolute atomic E-state index is 0. The van der Waals surface area contributed by atoms with Crippen LogP contribution in [0.4, 0.5) is 0 Å². The van der Waals surface area contributed by atoms with Crippen LogP contribution in [0.5, 0.6) is 0 Å². The van der Waals surface area contributed by atoms with E-state index in [4.69, 9.17) is 10.8 Å². The third-order valence-corrected chi connectivity index (χ3v) is 0. The maximum absolute atomic E-state index is 4.75. The molecule has 0 fully saturated rings. The summed E-state index contributed by atoms with van der Waals surface area (Å²) in [7, 11) is 0. The second-order valence-corrected chi connectivity index (χ2v) is 0.687. The second-order valence-electron chi connectivity index (χ2n) is 0.167. The summed E-state index contributed by atoms with van der Waals surface area (Å²) in [6, 6.07) is 0. The third-order valence-electron chi connectivity index (χ3n) is 0. The van der Waals surface area contributed by atoms with Gasteiger partial charge in [-0.15, -0.1) is 0 Å². The molecule has 0 aliphatic carbocycles. The zero-order valence-electron chi connectivity index (χ0n) is 2.06. The molecular formula is B2MoTi. The molecular weight excluding hydrogens is 165 g/mol. The van der Waals surface area contributed by atoms with Crippen LogP contribution in [-0.2, 0) is 38.4 Å². The van der Waals surface area contributed by atoms with Gasteiger partial charge in [-0.05, 0) is 0 Å². The van der Waals surface area contributed by atoms with Crippen molar-refractivity contribution in [2.24, 2.45) is 0 Å². The molecule has 0 N–H and O–H groups in total. The standard InChI is InChI=1S/2B.Mo.Ti. The summed E-state index contributed by atoms with van der Waals surface area (Å²) < 4.78 is 0. The van der Waals surface area contributed by atoms with Crippen LogP contribution in [0.3, 0.4) is 0 Å². The zero-order chi connectivity index (χ0) is 2.71. The molecule has 0 aliphatic rings. The molecule has 0 aromatic carbocycles. The average Bonchev–Trinajstić information content (AvgIpc) is 0.918. The molecule has 0 spiro atoms. The van der Waals surface area contributed by atoms with Crippen LogP contribution in [0.1, 0.15) is 0 Å². The van der Waals surface area contributed by atoms with Crippen molar-refractivity contribution in [3.8, 4) is 0 Å². The van der Waals surface area contributed by atoms with Crippen molar-refractivity contribution in [1.29, 1.82) is 0 Å². The Morgan fingerprint density at radius 2 is 1.25 bits per heavy atom. The van der Waals surface area contributed by atoms with Gasteiger partial charge in [-0.2, -0.15) is 0 Å². The Labute approximate surface area is 49.0 Å². The van der Waals surface area contributed by atoms with Crippen molar-refractivity contribution in [3.63, 3.8) is 0 Å². The van der Waals surface area contributed by atoms with Gasteiger partial charge in [-0.3, -0.25) is 0 Å². The number of hydrogen-bond acceptors (Lipinski definition) is 0. The predicted octanol–water partition coefficient (Wildman–Crippen LogP) is -0.767. The first kappa shape index (κ1) is 9.11. The van der Waals surface area contributed by atoms with Gasteiger partial charge in [-0.1, -0.05) is 0 Å². The molecule has 0 aromatic heterocycles. The number of hydrogen-bond donors (Lipinski definition) is 0. The average molecular weight is 165 g/mol. The first-order valence-corrected chi connectivity index (χ1v) is 2.38. The Bertz CT molecular complexity index is 79.2. The summed E-state index contributed by atoms with van der Waals surface area (Å²) in [5.41, 5.74) is 0. The molecule has 16 valence electrons. The van der Waals surface area contributed by atoms with Gasteiger partial charge in [0, 0.05) is 21.1 Å². The molecule has 0 amide bonds. The van der Waals surface area contributed by atoms with Crippen LogP contribution in [-0.4, -0.2) is 10.8 Å². The Balaban J connectivity index is 0. The van der Waals surface area contributed by atoms with Gasteiger partial charge in [0.1, 0.15) is 0 Å². The molecule has 4 heavy (non-hydrogen) atoms. The van der Waals surface area contributed by atoms with E-state index in [0.717, 1.165) is 0 Å². The monoisotopic (exact) mass is 168 g/mol. The van der Waals surface area contributed by atoms with Crippen LogP contribution < -0.4 is 0 Å². The largest absolute Gasteiger partial charge is 0 e. The molecule has 0 heterocycles. The van der Waals surface area contributed by atoms with Gasteiger partial charge in [-0.25, -0.2) is 0 Å². The Hall–Kier alpha value is 1.53. The van der Waals surface area contributed by atoms with E-state index < -0.39 is 17.4 Å². The summed E-state index contributed by atoms with van der Waals surface area (Å²) in [6.45, 7) is 0. The Morgan fingerprint density at radius 1 is 1.25 bits per heavy atom. The molecule has 0 saturated heterocycles. The van der Waals surface area contributed by atoms with Crippen molar-refractivity contribution < 1.29 is 38.4 Å². The van der Waals surface area contributed by atoms with E-state index in [0.29, 0.717) is 0 Å². The molecule has 0 radical (unpaired) electrons. The van der Waals surface area contributed by atoms with Crippen LogP contribution in [0.2, 0.25) is 0 Å². The summed E-state index contributed by atoms with van der Waals surface area (Å²) >= 11 is -0.500. The minimum atomic E-state index is -0.500. The molecule has 0 saturated carbocycles. The second kappa shape index (κ2) is 8.82. The van der Waals surface area contributed by atoms with Crippen molar-refractivity contribution >= 4 is 10.8 Å². The van der Waals surface area contributed by atoms with E-state index >= 15 is 0 Å². The first-order valence-electron chi connectivity index (χ1n) is 0.577. The maximum Gasteiger partial charge on any atom is 0 e. The van der Waals surface area contributed by atoms with Crippen LogP contribution >= 0.6 is 0 Å². The normalized spacial score (nSPS) is 6.00. The van der Waals surface area contributed by atoms with Gasteiger partial charge in [0.15, 0.2) is 0 Å². The topological polar surface area (TPSA) is 0 Å². The first-order chi connectivity index (χ1) is 1.41. The summed E-state index contributed by atoms with van der Waals surface area (Å²) in [5, 5.41) is 9.50. The number of rotatable bonds is 0. The van der Waals surface area contributed by atoms with Gasteiger partial charge >= 0.3 is 28.1 Å². The van der Waals surface area contributed by atoms with Gasteiger partial charge in [0.25, 0.3) is 0 Å². The van der Waals surface area contributed by atoms with E-state index in [9.17, 15) is 0 Å². The molecule has 0 nitrogen and oxygen atoms in total. The fourth-order valence-corrected chi connectivity index (χ4v) is 0. The van der Waals surface area contributed by atoms with Crippen LogP contribution in [0.15, 0.2) is 0 Å². The summed E-state index contributed by atoms with van der Waals surface area (Å²) in [6.07, 6.45) is 0. The molecule has 0 unspecified atom stereocenters. The van der Waals surface area contributed by atoms with Gasteiger partial charge in [0.2, 0.25) is 0 Å². The molecule has 0 aromatic rings. The van der Waals surface area contributed by atoms with E-state index in [2.05, 4.69) is 0 Å². The van der Waals surface area contributed by atoms with E-state index in [1.54, 1.807) is 0 Å². The smallest absolute Gasteiger partial charge is 0 e. The van der Waals surface area contributed by atoms with E-state index in [1.165, 1.54) is 0 Å². The Kier molecular flexibility index (Phi) is 20.1. The van der Waals surface area contributed by atoms with Crippen molar-refractivity contribution in [3.05, 3.63) is 0 Å². The maximum atomic E-state index is 4.75. The molecule has 0 rings (SSSR count). The zero-order valence-corrected chi connectivity index (χ0v) is 5.63. The third kappa shape index (κ3) is 9.65. The van der Waals surface area contributed by atoms with E-state index in [-0.39, 0.29) is 21.1 Å². The minimum Gasteiger partial charge on any atom is 0 e. The molecule has 0 aliphatic heterocycles. The van der Waals surface area contributed by atoms with Crippen LogP contribution in [0, 0.1) is 0 Å². The Morgan fingerprint density at radius 3 is 1.25 bits per heavy atom. The van der Waals surface area contributed by atoms with Crippen molar-refractivity contribution in [2.75, 3.05) is 0 Å².